The van der Waals surface area contributed by atoms with Crippen molar-refractivity contribution in [1.82, 2.24) is 0 Å². The number of carboxylic acid groups (broad SMARTS) is 1. The van der Waals surface area contributed by atoms with Crippen molar-refractivity contribution in [3.05, 3.63) is 65.2 Å². The second-order valence-electron chi connectivity index (χ2n) is 4.40. The summed E-state index contributed by atoms with van der Waals surface area (Å²) < 4.78 is 5.24. The van der Waals surface area contributed by atoms with E-state index in [0.717, 1.165) is 5.56 Å². The van der Waals surface area contributed by atoms with E-state index in [1.807, 2.05) is 6.07 Å². The van der Waals surface area contributed by atoms with E-state index in [2.05, 4.69) is 5.32 Å². The fourth-order valence-corrected chi connectivity index (χ4v) is 2.15. The van der Waals surface area contributed by atoms with Crippen LogP contribution in [-0.4, -0.2) is 17.0 Å². The second kappa shape index (κ2) is 4.70. The first-order valence-corrected chi connectivity index (χ1v) is 6.05. The largest absolute Gasteiger partial charge is 0.478 e. The van der Waals surface area contributed by atoms with Gasteiger partial charge in [0.15, 0.2) is 0 Å². The number of nitrogens with one attached hydrogen (secondary N) is 1. The number of benzene rings is 2. The zero-order valence-corrected chi connectivity index (χ0v) is 10.4. The summed E-state index contributed by atoms with van der Waals surface area (Å²) in [5.41, 5.74) is 2.03. The van der Waals surface area contributed by atoms with Gasteiger partial charge in [0.2, 0.25) is 6.23 Å². The summed E-state index contributed by atoms with van der Waals surface area (Å²) in [6.07, 6.45) is -0.595. The van der Waals surface area contributed by atoms with Crippen LogP contribution in [0.15, 0.2) is 48.5 Å². The fraction of sp³-hybridized carbons (Fsp3) is 0.0667. The Morgan fingerprint density at radius 1 is 1.15 bits per heavy atom. The molecule has 1 atom stereocenters. The maximum absolute atomic E-state index is 11.7. The van der Waals surface area contributed by atoms with E-state index in [-0.39, 0.29) is 11.5 Å². The van der Waals surface area contributed by atoms with Gasteiger partial charge < -0.3 is 15.2 Å². The molecule has 0 saturated heterocycles. The number of hydrogen-bond donors (Lipinski definition) is 2. The van der Waals surface area contributed by atoms with Crippen LogP contribution < -0.4 is 5.32 Å². The van der Waals surface area contributed by atoms with Gasteiger partial charge in [-0.15, -0.1) is 0 Å². The Labute approximate surface area is 114 Å². The fourth-order valence-electron chi connectivity index (χ4n) is 2.15. The van der Waals surface area contributed by atoms with Gasteiger partial charge in [0.25, 0.3) is 0 Å². The first-order chi connectivity index (χ1) is 9.65. The molecule has 0 aromatic heterocycles. The Hall–Kier alpha value is -2.82. The van der Waals surface area contributed by atoms with Gasteiger partial charge in [-0.3, -0.25) is 0 Å². The first kappa shape index (κ1) is 12.2. The molecule has 0 aliphatic carbocycles. The molecular weight excluding hydrogens is 258 g/mol. The molecule has 0 bridgehead atoms. The first-order valence-electron chi connectivity index (χ1n) is 6.05. The monoisotopic (exact) mass is 269 g/mol. The highest BCUT2D eigenvalue weighted by Crippen LogP contribution is 2.31. The van der Waals surface area contributed by atoms with Gasteiger partial charge in [0.05, 0.1) is 11.1 Å². The number of hydrogen-bond acceptors (Lipinski definition) is 4. The normalized spacial score (nSPS) is 16.4. The number of fused-ring (bicyclic) bond motifs is 1. The number of carbonyl (C=O) groups excluding carboxylic acids is 1. The van der Waals surface area contributed by atoms with Gasteiger partial charge in [-0.05, 0) is 24.3 Å². The van der Waals surface area contributed by atoms with Crippen molar-refractivity contribution in [2.75, 3.05) is 5.32 Å². The maximum Gasteiger partial charge on any atom is 0.340 e. The summed E-state index contributed by atoms with van der Waals surface area (Å²) in [5.74, 6) is -1.38. The zero-order chi connectivity index (χ0) is 14.1. The molecule has 2 aromatic rings. The van der Waals surface area contributed by atoms with Crippen LogP contribution >= 0.6 is 0 Å². The Morgan fingerprint density at radius 3 is 2.75 bits per heavy atom. The van der Waals surface area contributed by atoms with Crippen LogP contribution in [0.2, 0.25) is 0 Å². The molecule has 0 unspecified atom stereocenters. The average Bonchev–Trinajstić information content (AvgIpc) is 2.76. The summed E-state index contributed by atoms with van der Waals surface area (Å²) in [5, 5.41) is 12.0. The van der Waals surface area contributed by atoms with E-state index in [0.29, 0.717) is 11.3 Å². The predicted molar refractivity (Wildman–Crippen MR) is 71.6 cm³/mol. The summed E-state index contributed by atoms with van der Waals surface area (Å²) >= 11 is 0. The summed E-state index contributed by atoms with van der Waals surface area (Å²) in [6.45, 7) is 0. The van der Waals surface area contributed by atoms with Crippen LogP contribution in [0.1, 0.15) is 32.5 Å². The van der Waals surface area contributed by atoms with Crippen molar-refractivity contribution in [1.29, 1.82) is 0 Å². The van der Waals surface area contributed by atoms with Crippen LogP contribution in [0.5, 0.6) is 0 Å². The molecule has 20 heavy (non-hydrogen) atoms. The standard InChI is InChI=1S/C15H11NO4/c17-14(18)9-4-3-5-10(8-9)16-13-11-6-1-2-7-12(11)15(19)20-13/h1-8,13,16H,(H,17,18)/t13-/m1/s1. The molecule has 0 radical (unpaired) electrons. The third-order valence-corrected chi connectivity index (χ3v) is 3.10. The minimum absolute atomic E-state index is 0.174. The lowest BCUT2D eigenvalue weighted by molar-refractivity contribution is 0.0436. The highest BCUT2D eigenvalue weighted by molar-refractivity contribution is 5.94. The van der Waals surface area contributed by atoms with E-state index in [9.17, 15) is 9.59 Å². The summed E-state index contributed by atoms with van der Waals surface area (Å²) in [6, 6.07) is 13.5. The number of anilines is 1. The molecule has 0 fully saturated rings. The van der Waals surface area contributed by atoms with Gasteiger partial charge >= 0.3 is 11.9 Å². The lowest BCUT2D eigenvalue weighted by Crippen LogP contribution is -2.10. The number of carboxylic acids is 1. The number of aromatic carboxylic acids is 1. The lowest BCUT2D eigenvalue weighted by atomic mass is 10.1. The topological polar surface area (TPSA) is 75.6 Å². The van der Waals surface area contributed by atoms with E-state index in [4.69, 9.17) is 9.84 Å². The molecule has 3 rings (SSSR count). The van der Waals surface area contributed by atoms with Gasteiger partial charge in [0, 0.05) is 11.3 Å². The molecule has 100 valence electrons. The Balaban J connectivity index is 1.88. The third-order valence-electron chi connectivity index (χ3n) is 3.10. The van der Waals surface area contributed by atoms with E-state index < -0.39 is 12.2 Å². The van der Waals surface area contributed by atoms with Crippen LogP contribution in [0.25, 0.3) is 0 Å². The highest BCUT2D eigenvalue weighted by atomic mass is 16.6. The van der Waals surface area contributed by atoms with E-state index in [1.54, 1.807) is 30.3 Å². The molecule has 1 heterocycles. The van der Waals surface area contributed by atoms with Crippen LogP contribution in [0.4, 0.5) is 5.69 Å². The molecule has 0 saturated carbocycles. The number of esters is 1. The third kappa shape index (κ3) is 2.09. The number of ether oxygens (including phenoxy) is 1. The van der Waals surface area contributed by atoms with Gasteiger partial charge in [-0.1, -0.05) is 24.3 Å². The minimum Gasteiger partial charge on any atom is -0.478 e. The summed E-state index contributed by atoms with van der Waals surface area (Å²) in [7, 11) is 0. The molecule has 1 aliphatic rings. The number of rotatable bonds is 3. The van der Waals surface area contributed by atoms with Crippen LogP contribution in [-0.2, 0) is 4.74 Å². The Morgan fingerprint density at radius 2 is 1.95 bits per heavy atom. The van der Waals surface area contributed by atoms with Gasteiger partial charge in [-0.25, -0.2) is 9.59 Å². The number of carbonyl (C=O) groups is 2. The van der Waals surface area contributed by atoms with Gasteiger partial charge in [0.1, 0.15) is 0 Å². The van der Waals surface area contributed by atoms with Crippen LogP contribution in [0.3, 0.4) is 0 Å². The van der Waals surface area contributed by atoms with Crippen molar-refractivity contribution in [3.8, 4) is 0 Å². The molecule has 2 aromatic carbocycles. The molecule has 5 heteroatoms. The van der Waals surface area contributed by atoms with Crippen molar-refractivity contribution in [2.45, 2.75) is 6.23 Å². The van der Waals surface area contributed by atoms with Crippen molar-refractivity contribution < 1.29 is 19.4 Å². The smallest absolute Gasteiger partial charge is 0.340 e. The molecule has 0 spiro atoms. The quantitative estimate of drug-likeness (QED) is 0.838. The highest BCUT2D eigenvalue weighted by Gasteiger charge is 2.30. The average molecular weight is 269 g/mol. The second-order valence-corrected chi connectivity index (χ2v) is 4.40. The lowest BCUT2D eigenvalue weighted by Gasteiger charge is -2.14. The minimum atomic E-state index is -1.00. The van der Waals surface area contributed by atoms with E-state index in [1.165, 1.54) is 12.1 Å². The zero-order valence-electron chi connectivity index (χ0n) is 10.4. The van der Waals surface area contributed by atoms with Crippen LogP contribution in [0, 0.1) is 0 Å². The molecular formula is C15H11NO4. The maximum atomic E-state index is 11.7. The summed E-state index contributed by atoms with van der Waals surface area (Å²) in [4.78, 5) is 22.6. The Kier molecular flexibility index (Phi) is 2.87. The number of cyclic esters (lactones) is 1. The van der Waals surface area contributed by atoms with E-state index >= 15 is 0 Å². The molecule has 5 nitrogen and oxygen atoms in total. The van der Waals surface area contributed by atoms with Crippen molar-refractivity contribution in [2.24, 2.45) is 0 Å². The van der Waals surface area contributed by atoms with Crippen molar-refractivity contribution in [3.63, 3.8) is 0 Å². The Bertz CT molecular complexity index is 696. The predicted octanol–water partition coefficient (Wildman–Crippen LogP) is 2.67. The molecule has 1 aliphatic heterocycles. The molecule has 2 N–H and O–H groups in total. The van der Waals surface area contributed by atoms with Gasteiger partial charge in [-0.2, -0.15) is 0 Å². The SMILES string of the molecule is O=C(O)c1cccc(N[C@@H]2OC(=O)c3ccccc32)c1. The molecule has 0 amide bonds. The van der Waals surface area contributed by atoms with Crippen molar-refractivity contribution >= 4 is 17.6 Å².